The molecule has 1 N–H and O–H groups in total. The van der Waals surface area contributed by atoms with Gasteiger partial charge in [0.05, 0.1) is 5.39 Å². The van der Waals surface area contributed by atoms with E-state index in [0.717, 1.165) is 12.0 Å². The molecule has 0 spiro atoms. The Kier molecular flexibility index (Phi) is 4.65. The Balaban J connectivity index is 1.87. The van der Waals surface area contributed by atoms with Crippen LogP contribution >= 0.6 is 0 Å². The number of benzene rings is 1. The maximum Gasteiger partial charge on any atom is 0.274 e. The third-order valence-corrected chi connectivity index (χ3v) is 3.99. The molecular formula is C18H18N4O2. The summed E-state index contributed by atoms with van der Waals surface area (Å²) in [6, 6.07) is 10.9. The summed E-state index contributed by atoms with van der Waals surface area (Å²) in [6.07, 6.45) is 4.22. The first-order valence-electron chi connectivity index (χ1n) is 7.86. The molecule has 0 saturated carbocycles. The molecule has 3 aromatic rings. The highest BCUT2D eigenvalue weighted by Crippen LogP contribution is 2.14. The van der Waals surface area contributed by atoms with Crippen molar-refractivity contribution in [3.63, 3.8) is 0 Å². The summed E-state index contributed by atoms with van der Waals surface area (Å²) in [7, 11) is 0. The third-order valence-electron chi connectivity index (χ3n) is 3.99. The van der Waals surface area contributed by atoms with Crippen LogP contribution in [0.15, 0.2) is 53.6 Å². The first-order chi connectivity index (χ1) is 11.7. The van der Waals surface area contributed by atoms with Crippen LogP contribution in [0, 0.1) is 0 Å². The van der Waals surface area contributed by atoms with Crippen molar-refractivity contribution in [2.75, 3.05) is 13.1 Å². The predicted molar refractivity (Wildman–Crippen MR) is 91.9 cm³/mol. The molecule has 24 heavy (non-hydrogen) atoms. The molecule has 0 aliphatic carbocycles. The minimum absolute atomic E-state index is 0.181. The lowest BCUT2D eigenvalue weighted by atomic mass is 10.1. The zero-order valence-electron chi connectivity index (χ0n) is 13.4. The smallest absolute Gasteiger partial charge is 0.274 e. The molecule has 0 unspecified atom stereocenters. The molecular weight excluding hydrogens is 304 g/mol. The molecule has 0 radical (unpaired) electrons. The number of likely N-dealkylation sites (N-methyl/N-ethyl adjacent to an activating group) is 1. The molecule has 0 bridgehead atoms. The number of rotatable bonds is 5. The van der Waals surface area contributed by atoms with Crippen LogP contribution in [0.2, 0.25) is 0 Å². The van der Waals surface area contributed by atoms with Crippen LogP contribution in [-0.2, 0) is 6.42 Å². The summed E-state index contributed by atoms with van der Waals surface area (Å²) in [5.74, 6) is -0.181. The van der Waals surface area contributed by atoms with E-state index in [4.69, 9.17) is 0 Å². The molecule has 0 aliphatic rings. The number of carbonyl (C=O) groups excluding carboxylic acids is 1. The normalized spacial score (nSPS) is 10.7. The van der Waals surface area contributed by atoms with E-state index in [0.29, 0.717) is 23.9 Å². The van der Waals surface area contributed by atoms with Gasteiger partial charge in [0.25, 0.3) is 11.5 Å². The highest BCUT2D eigenvalue weighted by molar-refractivity contribution is 6.04. The molecule has 0 atom stereocenters. The van der Waals surface area contributed by atoms with Crippen LogP contribution in [0.3, 0.4) is 0 Å². The number of H-pyrrole nitrogens is 1. The van der Waals surface area contributed by atoms with Gasteiger partial charge in [-0.25, -0.2) is 5.10 Å². The number of hydrogen-bond acceptors (Lipinski definition) is 4. The Morgan fingerprint density at radius 2 is 1.83 bits per heavy atom. The zero-order valence-corrected chi connectivity index (χ0v) is 13.4. The minimum Gasteiger partial charge on any atom is -0.337 e. The minimum atomic E-state index is -0.290. The first kappa shape index (κ1) is 15.9. The molecule has 1 amide bonds. The van der Waals surface area contributed by atoms with Crippen LogP contribution in [0.4, 0.5) is 0 Å². The lowest BCUT2D eigenvalue weighted by molar-refractivity contribution is 0.0761. The van der Waals surface area contributed by atoms with Crippen LogP contribution in [0.25, 0.3) is 10.8 Å². The maximum atomic E-state index is 12.9. The standard InChI is InChI=1S/C18H18N4O2/c1-2-22(12-9-13-7-10-19-11-8-13)18(24)16-14-5-3-4-6-15(14)17(23)21-20-16/h3-8,10-11H,2,9,12H2,1H3,(H,21,23). The van der Waals surface area contributed by atoms with Crippen LogP contribution in [-0.4, -0.2) is 39.1 Å². The average molecular weight is 322 g/mol. The van der Waals surface area contributed by atoms with Crippen molar-refractivity contribution >= 4 is 16.7 Å². The van der Waals surface area contributed by atoms with E-state index in [-0.39, 0.29) is 17.2 Å². The fourth-order valence-corrected chi connectivity index (χ4v) is 2.64. The van der Waals surface area contributed by atoms with Gasteiger partial charge in [-0.2, -0.15) is 5.10 Å². The van der Waals surface area contributed by atoms with Gasteiger partial charge in [-0.15, -0.1) is 0 Å². The highest BCUT2D eigenvalue weighted by Gasteiger charge is 2.19. The Bertz CT molecular complexity index is 906. The van der Waals surface area contributed by atoms with E-state index < -0.39 is 0 Å². The van der Waals surface area contributed by atoms with Gasteiger partial charge in [0.15, 0.2) is 5.69 Å². The largest absolute Gasteiger partial charge is 0.337 e. The quantitative estimate of drug-likeness (QED) is 0.779. The van der Waals surface area contributed by atoms with Crippen molar-refractivity contribution in [1.29, 1.82) is 0 Å². The van der Waals surface area contributed by atoms with E-state index in [1.165, 1.54) is 0 Å². The second-order valence-corrected chi connectivity index (χ2v) is 5.44. The Labute approximate surface area is 139 Å². The van der Waals surface area contributed by atoms with Crippen molar-refractivity contribution in [3.05, 3.63) is 70.4 Å². The van der Waals surface area contributed by atoms with Crippen molar-refractivity contribution < 1.29 is 4.79 Å². The van der Waals surface area contributed by atoms with Gasteiger partial charge < -0.3 is 4.90 Å². The number of aromatic nitrogens is 3. The van der Waals surface area contributed by atoms with Crippen molar-refractivity contribution in [1.82, 2.24) is 20.1 Å². The monoisotopic (exact) mass is 322 g/mol. The number of fused-ring (bicyclic) bond motifs is 1. The van der Waals surface area contributed by atoms with Gasteiger partial charge in [0.1, 0.15) is 0 Å². The van der Waals surface area contributed by atoms with E-state index >= 15 is 0 Å². The summed E-state index contributed by atoms with van der Waals surface area (Å²) >= 11 is 0. The number of aromatic amines is 1. The van der Waals surface area contributed by atoms with Gasteiger partial charge in [0.2, 0.25) is 0 Å². The molecule has 3 rings (SSSR count). The SMILES string of the molecule is CCN(CCc1ccncc1)C(=O)c1n[nH]c(=O)c2ccccc12. The van der Waals surface area contributed by atoms with E-state index in [1.54, 1.807) is 41.6 Å². The van der Waals surface area contributed by atoms with Crippen LogP contribution in [0.5, 0.6) is 0 Å². The van der Waals surface area contributed by atoms with Crippen LogP contribution in [0.1, 0.15) is 23.0 Å². The summed E-state index contributed by atoms with van der Waals surface area (Å²) < 4.78 is 0. The Morgan fingerprint density at radius 1 is 1.12 bits per heavy atom. The molecule has 6 heteroatoms. The number of nitrogens with one attached hydrogen (secondary N) is 1. The lowest BCUT2D eigenvalue weighted by Gasteiger charge is -2.21. The third kappa shape index (κ3) is 3.17. The second kappa shape index (κ2) is 7.04. The summed E-state index contributed by atoms with van der Waals surface area (Å²) in [4.78, 5) is 30.4. The molecule has 2 heterocycles. The summed E-state index contributed by atoms with van der Waals surface area (Å²) in [5, 5.41) is 7.46. The topological polar surface area (TPSA) is 79.0 Å². The molecule has 2 aromatic heterocycles. The molecule has 6 nitrogen and oxygen atoms in total. The molecule has 0 aliphatic heterocycles. The van der Waals surface area contributed by atoms with Gasteiger partial charge in [0, 0.05) is 30.9 Å². The predicted octanol–water partition coefficient (Wildman–Crippen LogP) is 2.02. The molecule has 0 fully saturated rings. The number of nitrogens with zero attached hydrogens (tertiary/aromatic N) is 3. The fourth-order valence-electron chi connectivity index (χ4n) is 2.64. The maximum absolute atomic E-state index is 12.9. The fraction of sp³-hybridized carbons (Fsp3) is 0.222. The number of carbonyl (C=O) groups is 1. The highest BCUT2D eigenvalue weighted by atomic mass is 16.2. The lowest BCUT2D eigenvalue weighted by Crippen LogP contribution is -2.34. The van der Waals surface area contributed by atoms with E-state index in [2.05, 4.69) is 15.2 Å². The van der Waals surface area contributed by atoms with Crippen molar-refractivity contribution in [2.24, 2.45) is 0 Å². The first-order valence-corrected chi connectivity index (χ1v) is 7.86. The van der Waals surface area contributed by atoms with Crippen molar-refractivity contribution in [3.8, 4) is 0 Å². The molecule has 122 valence electrons. The van der Waals surface area contributed by atoms with Gasteiger partial charge in [-0.1, -0.05) is 18.2 Å². The number of amides is 1. The molecule has 0 saturated heterocycles. The van der Waals surface area contributed by atoms with Crippen molar-refractivity contribution in [2.45, 2.75) is 13.3 Å². The Hall–Kier alpha value is -3.02. The average Bonchev–Trinajstić information content (AvgIpc) is 2.63. The van der Waals surface area contributed by atoms with E-state index in [9.17, 15) is 9.59 Å². The second-order valence-electron chi connectivity index (χ2n) is 5.44. The summed E-state index contributed by atoms with van der Waals surface area (Å²) in [6.45, 7) is 3.08. The van der Waals surface area contributed by atoms with E-state index in [1.807, 2.05) is 19.1 Å². The molecule has 1 aromatic carbocycles. The van der Waals surface area contributed by atoms with Crippen LogP contribution < -0.4 is 5.56 Å². The number of hydrogen-bond donors (Lipinski definition) is 1. The zero-order chi connectivity index (χ0) is 16.9. The number of pyridine rings is 1. The van der Waals surface area contributed by atoms with Gasteiger partial charge >= 0.3 is 0 Å². The van der Waals surface area contributed by atoms with Gasteiger partial charge in [-0.05, 0) is 37.1 Å². The Morgan fingerprint density at radius 3 is 2.54 bits per heavy atom. The van der Waals surface area contributed by atoms with Gasteiger partial charge in [-0.3, -0.25) is 14.6 Å². The summed E-state index contributed by atoms with van der Waals surface area (Å²) in [5.41, 5.74) is 1.11.